The second kappa shape index (κ2) is 5.15. The molecule has 0 fully saturated rings. The van der Waals surface area contributed by atoms with Gasteiger partial charge in [0.05, 0.1) is 0 Å². The van der Waals surface area contributed by atoms with Gasteiger partial charge in [0.25, 0.3) is 0 Å². The van der Waals surface area contributed by atoms with E-state index in [0.717, 1.165) is 29.5 Å². The van der Waals surface area contributed by atoms with E-state index in [1.165, 1.54) is 0 Å². The molecular weight excluding hydrogens is 198 g/mol. The molecule has 0 radical (unpaired) electrons. The minimum Gasteiger partial charge on any atom is -0.399 e. The number of nitrogens with two attached hydrogens (primary N) is 1. The van der Waals surface area contributed by atoms with Crippen LogP contribution in [0.1, 0.15) is 48.7 Å². The van der Waals surface area contributed by atoms with Crippen LogP contribution < -0.4 is 5.73 Å². The van der Waals surface area contributed by atoms with Crippen molar-refractivity contribution in [1.82, 2.24) is 0 Å². The third kappa shape index (κ3) is 2.63. The summed E-state index contributed by atoms with van der Waals surface area (Å²) >= 11 is 0. The second-order valence-corrected chi connectivity index (χ2v) is 4.63. The molecule has 1 rings (SSSR count). The van der Waals surface area contributed by atoms with Crippen molar-refractivity contribution in [3.8, 4) is 0 Å². The Morgan fingerprint density at radius 2 is 2.00 bits per heavy atom. The summed E-state index contributed by atoms with van der Waals surface area (Å²) in [5.41, 5.74) is 9.60. The Balaban J connectivity index is 3.28. The highest BCUT2D eigenvalue weighted by molar-refractivity contribution is 5.99. The number of benzene rings is 1. The van der Waals surface area contributed by atoms with E-state index in [0.29, 0.717) is 5.69 Å². The van der Waals surface area contributed by atoms with Gasteiger partial charge in [0.15, 0.2) is 5.78 Å². The van der Waals surface area contributed by atoms with Gasteiger partial charge in [0.2, 0.25) is 0 Å². The minimum atomic E-state index is 0.0248. The lowest BCUT2D eigenvalue weighted by molar-refractivity contribution is 0.0938. The van der Waals surface area contributed by atoms with Gasteiger partial charge in [-0.05, 0) is 36.6 Å². The van der Waals surface area contributed by atoms with Crippen molar-refractivity contribution < 1.29 is 4.79 Å². The molecule has 0 atom stereocenters. The summed E-state index contributed by atoms with van der Waals surface area (Å²) in [6.07, 6.45) is 1.99. The third-order valence-electron chi connectivity index (χ3n) is 2.79. The van der Waals surface area contributed by atoms with Crippen LogP contribution in [0.15, 0.2) is 12.1 Å². The lowest BCUT2D eigenvalue weighted by Gasteiger charge is -2.14. The summed E-state index contributed by atoms with van der Waals surface area (Å²) < 4.78 is 0. The number of hydrogen-bond acceptors (Lipinski definition) is 2. The predicted molar refractivity (Wildman–Crippen MR) is 68.8 cm³/mol. The molecule has 0 unspecified atom stereocenters. The number of carbonyl (C=O) groups is 1. The minimum absolute atomic E-state index is 0.0248. The van der Waals surface area contributed by atoms with Crippen LogP contribution in [0.4, 0.5) is 5.69 Å². The smallest absolute Gasteiger partial charge is 0.165 e. The van der Waals surface area contributed by atoms with Crippen LogP contribution in [-0.4, -0.2) is 5.78 Å². The highest BCUT2D eigenvalue weighted by atomic mass is 16.1. The maximum Gasteiger partial charge on any atom is 0.165 e. The predicted octanol–water partition coefficient (Wildman–Crippen LogP) is 3.37. The zero-order valence-corrected chi connectivity index (χ0v) is 10.6. The number of carbonyl (C=O) groups excluding carboxylic acids is 1. The number of hydrogen-bond donors (Lipinski definition) is 1. The molecule has 0 amide bonds. The van der Waals surface area contributed by atoms with Crippen molar-refractivity contribution in [1.29, 1.82) is 0 Å². The van der Waals surface area contributed by atoms with Gasteiger partial charge >= 0.3 is 0 Å². The zero-order valence-electron chi connectivity index (χ0n) is 10.6. The molecule has 0 bridgehead atoms. The number of anilines is 1. The average molecular weight is 219 g/mol. The molecule has 2 nitrogen and oxygen atoms in total. The molecule has 1 aromatic rings. The molecule has 88 valence electrons. The molecule has 0 aromatic heterocycles. The largest absolute Gasteiger partial charge is 0.399 e. The maximum atomic E-state index is 12.1. The van der Waals surface area contributed by atoms with Crippen molar-refractivity contribution in [3.63, 3.8) is 0 Å². The van der Waals surface area contributed by atoms with E-state index in [-0.39, 0.29) is 11.7 Å². The summed E-state index contributed by atoms with van der Waals surface area (Å²) in [4.78, 5) is 12.1. The van der Waals surface area contributed by atoms with Gasteiger partial charge in [-0.2, -0.15) is 0 Å². The van der Waals surface area contributed by atoms with E-state index < -0.39 is 0 Å². The van der Waals surface area contributed by atoms with Crippen LogP contribution in [0, 0.1) is 12.8 Å². The number of Topliss-reactive ketones (excluding diaryl/α,β-unsaturated/α-hetero) is 1. The molecule has 0 aliphatic rings. The van der Waals surface area contributed by atoms with E-state index in [4.69, 9.17) is 5.73 Å². The molecule has 0 aliphatic heterocycles. The summed E-state index contributed by atoms with van der Waals surface area (Å²) in [6, 6.07) is 3.77. The van der Waals surface area contributed by atoms with Crippen LogP contribution >= 0.6 is 0 Å². The number of aryl methyl sites for hydroxylation is 1. The number of rotatable bonds is 4. The number of nitrogen functional groups attached to an aromatic ring is 1. The third-order valence-corrected chi connectivity index (χ3v) is 2.79. The maximum absolute atomic E-state index is 12.1. The lowest BCUT2D eigenvalue weighted by atomic mass is 9.91. The van der Waals surface area contributed by atoms with E-state index in [1.54, 1.807) is 0 Å². The monoisotopic (exact) mass is 219 g/mol. The van der Waals surface area contributed by atoms with Crippen LogP contribution in [0.2, 0.25) is 0 Å². The molecule has 16 heavy (non-hydrogen) atoms. The summed E-state index contributed by atoms with van der Waals surface area (Å²) in [7, 11) is 0. The topological polar surface area (TPSA) is 43.1 Å². The molecule has 0 aliphatic carbocycles. The summed E-state index contributed by atoms with van der Waals surface area (Å²) in [5.74, 6) is 0.218. The molecule has 2 heteroatoms. The first-order valence-corrected chi connectivity index (χ1v) is 5.90. The van der Waals surface area contributed by atoms with E-state index in [1.807, 2.05) is 32.9 Å². The van der Waals surface area contributed by atoms with Gasteiger partial charge in [0.1, 0.15) is 0 Å². The van der Waals surface area contributed by atoms with Gasteiger partial charge in [-0.3, -0.25) is 4.79 Å². The molecule has 0 heterocycles. The molecular formula is C14H21NO. The quantitative estimate of drug-likeness (QED) is 0.623. The molecule has 0 spiro atoms. The second-order valence-electron chi connectivity index (χ2n) is 4.63. The van der Waals surface area contributed by atoms with Crippen LogP contribution in [0.3, 0.4) is 0 Å². The van der Waals surface area contributed by atoms with Crippen molar-refractivity contribution in [3.05, 3.63) is 28.8 Å². The van der Waals surface area contributed by atoms with Gasteiger partial charge in [-0.15, -0.1) is 0 Å². The molecule has 2 N–H and O–H groups in total. The Labute approximate surface area is 97.9 Å². The fourth-order valence-electron chi connectivity index (χ4n) is 1.96. The van der Waals surface area contributed by atoms with Gasteiger partial charge in [0, 0.05) is 17.2 Å². The van der Waals surface area contributed by atoms with Gasteiger partial charge < -0.3 is 5.73 Å². The standard InChI is InChI=1S/C14H21NO/c1-5-6-12-10(4)7-11(15)8-13(12)14(16)9(2)3/h7-9H,5-6,15H2,1-4H3. The van der Waals surface area contributed by atoms with Gasteiger partial charge in [-0.1, -0.05) is 27.2 Å². The first-order chi connectivity index (χ1) is 7.47. The van der Waals surface area contributed by atoms with Crippen molar-refractivity contribution >= 4 is 11.5 Å². The lowest BCUT2D eigenvalue weighted by Crippen LogP contribution is -2.12. The van der Waals surface area contributed by atoms with E-state index >= 15 is 0 Å². The Hall–Kier alpha value is -1.31. The average Bonchev–Trinajstić information content (AvgIpc) is 2.20. The fraction of sp³-hybridized carbons (Fsp3) is 0.500. The first-order valence-electron chi connectivity index (χ1n) is 5.90. The Morgan fingerprint density at radius 1 is 1.38 bits per heavy atom. The SMILES string of the molecule is CCCc1c(C)cc(N)cc1C(=O)C(C)C. The Kier molecular flexibility index (Phi) is 4.11. The first kappa shape index (κ1) is 12.8. The van der Waals surface area contributed by atoms with Crippen molar-refractivity contribution in [2.45, 2.75) is 40.5 Å². The van der Waals surface area contributed by atoms with Crippen LogP contribution in [-0.2, 0) is 6.42 Å². The Morgan fingerprint density at radius 3 is 2.50 bits per heavy atom. The molecule has 0 saturated heterocycles. The van der Waals surface area contributed by atoms with Crippen LogP contribution in [0.5, 0.6) is 0 Å². The normalized spacial score (nSPS) is 10.8. The highest BCUT2D eigenvalue weighted by Gasteiger charge is 2.16. The highest BCUT2D eigenvalue weighted by Crippen LogP contribution is 2.23. The van der Waals surface area contributed by atoms with Crippen molar-refractivity contribution in [2.75, 3.05) is 5.73 Å². The fourth-order valence-corrected chi connectivity index (χ4v) is 1.96. The molecule has 0 saturated carbocycles. The summed E-state index contributed by atoms with van der Waals surface area (Å²) in [6.45, 7) is 8.01. The van der Waals surface area contributed by atoms with E-state index in [9.17, 15) is 4.79 Å². The zero-order chi connectivity index (χ0) is 12.3. The van der Waals surface area contributed by atoms with Crippen molar-refractivity contribution in [2.24, 2.45) is 5.92 Å². The number of ketones is 1. The van der Waals surface area contributed by atoms with Crippen LogP contribution in [0.25, 0.3) is 0 Å². The Bertz CT molecular complexity index is 394. The van der Waals surface area contributed by atoms with Gasteiger partial charge in [-0.25, -0.2) is 0 Å². The molecule has 1 aromatic carbocycles. The summed E-state index contributed by atoms with van der Waals surface area (Å²) in [5, 5.41) is 0. The van der Waals surface area contributed by atoms with E-state index in [2.05, 4.69) is 6.92 Å².